The van der Waals surface area contributed by atoms with E-state index >= 15 is 0 Å². The summed E-state index contributed by atoms with van der Waals surface area (Å²) in [5.74, 6) is -0.925. The molecule has 0 fully saturated rings. The minimum Gasteiger partial charge on any atom is -0.478 e. The fourth-order valence-electron chi connectivity index (χ4n) is 0.943. The van der Waals surface area contributed by atoms with Crippen LogP contribution in [0.25, 0.3) is 0 Å². The first kappa shape index (κ1) is 13.1. The molecule has 0 amide bonds. The van der Waals surface area contributed by atoms with Crippen molar-refractivity contribution in [2.24, 2.45) is 0 Å². The van der Waals surface area contributed by atoms with E-state index in [0.717, 1.165) is 0 Å². The van der Waals surface area contributed by atoms with Crippen LogP contribution in [0.5, 0.6) is 0 Å². The topological polar surface area (TPSA) is 55.8 Å². The fourth-order valence-corrected chi connectivity index (χ4v) is 0.943. The van der Waals surface area contributed by atoms with Crippen LogP contribution in [0.2, 0.25) is 0 Å². The Morgan fingerprint density at radius 3 is 2.50 bits per heavy atom. The molecule has 82 valence electrons. The molecule has 0 aromatic carbocycles. The molecule has 0 saturated carbocycles. The Hall–Kier alpha value is -0.870. The predicted molar refractivity (Wildman–Crippen MR) is 53.3 cm³/mol. The number of carbonyl (C=O) groups is 1. The van der Waals surface area contributed by atoms with Crippen LogP contribution in [0.3, 0.4) is 0 Å². The molecule has 0 aliphatic rings. The molecule has 1 N–H and O–H groups in total. The van der Waals surface area contributed by atoms with Gasteiger partial charge in [-0.05, 0) is 26.8 Å². The van der Waals surface area contributed by atoms with E-state index in [1.165, 1.54) is 0 Å². The Labute approximate surface area is 84.5 Å². The summed E-state index contributed by atoms with van der Waals surface area (Å²) < 4.78 is 10.5. The number of hydrogen-bond acceptors (Lipinski definition) is 3. The van der Waals surface area contributed by atoms with Crippen LogP contribution < -0.4 is 0 Å². The van der Waals surface area contributed by atoms with Crippen LogP contribution in [0, 0.1) is 0 Å². The van der Waals surface area contributed by atoms with Crippen molar-refractivity contribution < 1.29 is 19.4 Å². The minimum atomic E-state index is -0.925. The summed E-state index contributed by atoms with van der Waals surface area (Å²) in [5, 5.41) is 8.66. The molecule has 0 aromatic heterocycles. The quantitative estimate of drug-likeness (QED) is 0.635. The van der Waals surface area contributed by atoms with Crippen molar-refractivity contribution >= 4 is 5.97 Å². The SMILES string of the molecule is CCOCC(C=C(C)C(=O)O)OCC. The van der Waals surface area contributed by atoms with Crippen LogP contribution in [0.15, 0.2) is 11.6 Å². The maximum atomic E-state index is 10.5. The summed E-state index contributed by atoms with van der Waals surface area (Å²) in [6, 6.07) is 0. The number of carboxylic acid groups (broad SMARTS) is 1. The number of hydrogen-bond donors (Lipinski definition) is 1. The van der Waals surface area contributed by atoms with Crippen LogP contribution >= 0.6 is 0 Å². The van der Waals surface area contributed by atoms with Gasteiger partial charge in [0.05, 0.1) is 12.7 Å². The van der Waals surface area contributed by atoms with Crippen molar-refractivity contribution in [2.75, 3.05) is 19.8 Å². The number of rotatable bonds is 7. The third-order valence-electron chi connectivity index (χ3n) is 1.64. The largest absolute Gasteiger partial charge is 0.478 e. The molecule has 4 nitrogen and oxygen atoms in total. The van der Waals surface area contributed by atoms with Gasteiger partial charge in [-0.25, -0.2) is 4.79 Å². The molecule has 14 heavy (non-hydrogen) atoms. The third kappa shape index (κ3) is 5.72. The number of aliphatic carboxylic acids is 1. The Bertz CT molecular complexity index is 198. The average molecular weight is 202 g/mol. The summed E-state index contributed by atoms with van der Waals surface area (Å²) in [5.41, 5.74) is 0.281. The highest BCUT2D eigenvalue weighted by Gasteiger charge is 2.08. The van der Waals surface area contributed by atoms with Gasteiger partial charge in [-0.1, -0.05) is 0 Å². The third-order valence-corrected chi connectivity index (χ3v) is 1.64. The molecule has 0 aliphatic heterocycles. The smallest absolute Gasteiger partial charge is 0.331 e. The van der Waals surface area contributed by atoms with Gasteiger partial charge in [0, 0.05) is 18.8 Å². The summed E-state index contributed by atoms with van der Waals surface area (Å²) in [7, 11) is 0. The van der Waals surface area contributed by atoms with E-state index in [2.05, 4.69) is 0 Å². The van der Waals surface area contributed by atoms with Crippen molar-refractivity contribution in [3.8, 4) is 0 Å². The fraction of sp³-hybridized carbons (Fsp3) is 0.700. The molecule has 0 bridgehead atoms. The average Bonchev–Trinajstić information content (AvgIpc) is 2.14. The molecule has 1 atom stereocenters. The maximum Gasteiger partial charge on any atom is 0.331 e. The minimum absolute atomic E-state index is 0.268. The van der Waals surface area contributed by atoms with Gasteiger partial charge in [-0.2, -0.15) is 0 Å². The molecule has 0 rings (SSSR count). The molecule has 0 radical (unpaired) electrons. The van der Waals surface area contributed by atoms with Gasteiger partial charge in [0.1, 0.15) is 0 Å². The van der Waals surface area contributed by atoms with Gasteiger partial charge in [-0.3, -0.25) is 0 Å². The van der Waals surface area contributed by atoms with Crippen molar-refractivity contribution in [3.05, 3.63) is 11.6 Å². The summed E-state index contributed by atoms with van der Waals surface area (Å²) in [6.07, 6.45) is 1.30. The molecule has 0 aromatic rings. The molecule has 0 aliphatic carbocycles. The molecule has 0 saturated heterocycles. The molecular weight excluding hydrogens is 184 g/mol. The normalized spacial score (nSPS) is 14.1. The first-order valence-corrected chi connectivity index (χ1v) is 4.72. The zero-order valence-corrected chi connectivity index (χ0v) is 8.95. The van der Waals surface area contributed by atoms with Gasteiger partial charge in [0.2, 0.25) is 0 Å². The van der Waals surface area contributed by atoms with Gasteiger partial charge >= 0.3 is 5.97 Å². The summed E-state index contributed by atoms with van der Waals surface area (Å²) >= 11 is 0. The molecular formula is C10H18O4. The lowest BCUT2D eigenvalue weighted by Gasteiger charge is -2.13. The summed E-state index contributed by atoms with van der Waals surface area (Å²) in [4.78, 5) is 10.5. The van der Waals surface area contributed by atoms with Gasteiger partial charge in [0.25, 0.3) is 0 Å². The van der Waals surface area contributed by atoms with E-state index in [9.17, 15) is 4.79 Å². The monoisotopic (exact) mass is 202 g/mol. The molecule has 1 unspecified atom stereocenters. The second kappa shape index (κ2) is 7.53. The van der Waals surface area contributed by atoms with E-state index in [4.69, 9.17) is 14.6 Å². The highest BCUT2D eigenvalue weighted by molar-refractivity contribution is 5.85. The van der Waals surface area contributed by atoms with Gasteiger partial charge < -0.3 is 14.6 Å². The van der Waals surface area contributed by atoms with E-state index in [1.807, 2.05) is 13.8 Å². The van der Waals surface area contributed by atoms with E-state index < -0.39 is 5.97 Å². The molecule has 4 heteroatoms. The van der Waals surface area contributed by atoms with E-state index in [1.54, 1.807) is 13.0 Å². The first-order valence-electron chi connectivity index (χ1n) is 4.72. The number of ether oxygens (including phenoxy) is 2. The highest BCUT2D eigenvalue weighted by Crippen LogP contribution is 2.01. The Morgan fingerprint density at radius 2 is 2.07 bits per heavy atom. The zero-order valence-electron chi connectivity index (χ0n) is 8.95. The maximum absolute atomic E-state index is 10.5. The van der Waals surface area contributed by atoms with Crippen LogP contribution in [-0.2, 0) is 14.3 Å². The van der Waals surface area contributed by atoms with Crippen LogP contribution in [0.4, 0.5) is 0 Å². The van der Waals surface area contributed by atoms with Crippen molar-refractivity contribution in [2.45, 2.75) is 26.9 Å². The van der Waals surface area contributed by atoms with Crippen LogP contribution in [0.1, 0.15) is 20.8 Å². The lowest BCUT2D eigenvalue weighted by atomic mass is 10.2. The Morgan fingerprint density at radius 1 is 1.43 bits per heavy atom. The second-order valence-electron chi connectivity index (χ2n) is 2.81. The number of carboxylic acids is 1. The van der Waals surface area contributed by atoms with Gasteiger partial charge in [-0.15, -0.1) is 0 Å². The first-order chi connectivity index (χ1) is 6.61. The molecule has 0 spiro atoms. The van der Waals surface area contributed by atoms with Gasteiger partial charge in [0.15, 0.2) is 0 Å². The predicted octanol–water partition coefficient (Wildman–Crippen LogP) is 1.46. The highest BCUT2D eigenvalue weighted by atomic mass is 16.5. The van der Waals surface area contributed by atoms with Crippen molar-refractivity contribution in [3.63, 3.8) is 0 Å². The van der Waals surface area contributed by atoms with Crippen LogP contribution in [-0.4, -0.2) is 37.0 Å². The Balaban J connectivity index is 4.19. The van der Waals surface area contributed by atoms with Crippen molar-refractivity contribution in [1.29, 1.82) is 0 Å². The Kier molecular flexibility index (Phi) is 7.06. The summed E-state index contributed by atoms with van der Waals surface area (Å²) in [6.45, 7) is 6.83. The molecule has 0 heterocycles. The zero-order chi connectivity index (χ0) is 11.0. The second-order valence-corrected chi connectivity index (χ2v) is 2.81. The lowest BCUT2D eigenvalue weighted by Crippen LogP contribution is -2.19. The van der Waals surface area contributed by atoms with Crippen molar-refractivity contribution in [1.82, 2.24) is 0 Å². The van der Waals surface area contributed by atoms with E-state index in [-0.39, 0.29) is 11.7 Å². The lowest BCUT2D eigenvalue weighted by molar-refractivity contribution is -0.132. The standard InChI is InChI=1S/C10H18O4/c1-4-13-7-9(14-5-2)6-8(3)10(11)12/h6,9H,4-5,7H2,1-3H3,(H,11,12). The van der Waals surface area contributed by atoms with E-state index in [0.29, 0.717) is 19.8 Å².